The fourth-order valence-corrected chi connectivity index (χ4v) is 2.24. The molecule has 1 atom stereocenters. The molecule has 1 heterocycles. The van der Waals surface area contributed by atoms with Crippen LogP contribution in [0, 0.1) is 12.8 Å². The lowest BCUT2D eigenvalue weighted by Crippen LogP contribution is -2.30. The largest absolute Gasteiger partial charge is 0.270 e. The molecule has 2 rings (SSSR count). The summed E-state index contributed by atoms with van der Waals surface area (Å²) in [6, 6.07) is 8.26. The van der Waals surface area contributed by atoms with Crippen LogP contribution in [-0.4, -0.2) is 9.97 Å². The number of aryl methyl sites for hydroxylation is 1. The molecule has 0 saturated carbocycles. The third-order valence-corrected chi connectivity index (χ3v) is 3.15. The third kappa shape index (κ3) is 3.62. The lowest BCUT2D eigenvalue weighted by molar-refractivity contribution is 0.597. The van der Waals surface area contributed by atoms with E-state index in [-0.39, 0.29) is 6.04 Å². The molecule has 1 aromatic carbocycles. The number of rotatable bonds is 5. The summed E-state index contributed by atoms with van der Waals surface area (Å²) in [5.74, 6) is 7.02. The number of nitrogens with two attached hydrogens (primary N) is 1. The smallest absolute Gasteiger partial charge is 0.150 e. The van der Waals surface area contributed by atoms with Gasteiger partial charge in [0.05, 0.1) is 0 Å². The molecule has 4 heteroatoms. The van der Waals surface area contributed by atoms with E-state index in [0.717, 1.165) is 17.5 Å². The van der Waals surface area contributed by atoms with Crippen molar-refractivity contribution in [3.8, 4) is 0 Å². The monoisotopic (exact) mass is 270 g/mol. The maximum absolute atomic E-state index is 5.70. The molecule has 0 saturated heterocycles. The maximum atomic E-state index is 5.70. The molecule has 0 amide bonds. The van der Waals surface area contributed by atoms with Crippen molar-refractivity contribution in [1.82, 2.24) is 15.4 Å². The first-order valence-electron chi connectivity index (χ1n) is 6.93. The van der Waals surface area contributed by atoms with E-state index < -0.39 is 0 Å². The van der Waals surface area contributed by atoms with E-state index in [2.05, 4.69) is 53.5 Å². The van der Waals surface area contributed by atoms with Gasteiger partial charge < -0.3 is 0 Å². The Labute approximate surface area is 120 Å². The molecule has 0 fully saturated rings. The standard InChI is InChI=1S/C16H22N4/c1-11(2)7-13-5-4-6-14(8-13)15(20-17)16-18-9-12(3)10-19-16/h4-6,8-11,15,20H,7,17H2,1-3H3. The van der Waals surface area contributed by atoms with Crippen molar-refractivity contribution in [2.24, 2.45) is 11.8 Å². The number of nitrogens with one attached hydrogen (secondary N) is 1. The molecule has 3 N–H and O–H groups in total. The average Bonchev–Trinajstić information content (AvgIpc) is 2.41. The van der Waals surface area contributed by atoms with Crippen LogP contribution in [0.3, 0.4) is 0 Å². The van der Waals surface area contributed by atoms with Gasteiger partial charge in [0.1, 0.15) is 6.04 Å². The summed E-state index contributed by atoms with van der Waals surface area (Å²) >= 11 is 0. The Kier molecular flexibility index (Phi) is 4.82. The molecule has 0 bridgehead atoms. The Hall–Kier alpha value is -1.78. The fourth-order valence-electron chi connectivity index (χ4n) is 2.24. The number of hydrogen-bond acceptors (Lipinski definition) is 4. The molecule has 0 aliphatic carbocycles. The summed E-state index contributed by atoms with van der Waals surface area (Å²) in [6.45, 7) is 6.40. The fraction of sp³-hybridized carbons (Fsp3) is 0.375. The van der Waals surface area contributed by atoms with Crippen LogP contribution in [0.1, 0.15) is 42.4 Å². The average molecular weight is 270 g/mol. The molecule has 1 aromatic heterocycles. The second kappa shape index (κ2) is 6.59. The van der Waals surface area contributed by atoms with Crippen molar-refractivity contribution < 1.29 is 0 Å². The molecular formula is C16H22N4. The zero-order valence-corrected chi connectivity index (χ0v) is 12.3. The van der Waals surface area contributed by atoms with Crippen LogP contribution >= 0.6 is 0 Å². The molecule has 0 aliphatic heterocycles. The van der Waals surface area contributed by atoms with Crippen molar-refractivity contribution >= 4 is 0 Å². The normalized spacial score (nSPS) is 12.7. The van der Waals surface area contributed by atoms with Crippen LogP contribution in [0.5, 0.6) is 0 Å². The minimum absolute atomic E-state index is 0.178. The Morgan fingerprint density at radius 1 is 1.20 bits per heavy atom. The first-order chi connectivity index (χ1) is 9.60. The highest BCUT2D eigenvalue weighted by Crippen LogP contribution is 2.20. The van der Waals surface area contributed by atoms with E-state index in [1.165, 1.54) is 5.56 Å². The van der Waals surface area contributed by atoms with Crippen LogP contribution in [-0.2, 0) is 6.42 Å². The Morgan fingerprint density at radius 3 is 2.50 bits per heavy atom. The molecule has 0 radical (unpaired) electrons. The number of hydrogen-bond donors (Lipinski definition) is 2. The van der Waals surface area contributed by atoms with Gasteiger partial charge in [-0.3, -0.25) is 5.84 Å². The number of hydrazine groups is 1. The number of benzene rings is 1. The topological polar surface area (TPSA) is 63.8 Å². The summed E-state index contributed by atoms with van der Waals surface area (Å²) < 4.78 is 0. The highest BCUT2D eigenvalue weighted by molar-refractivity contribution is 5.30. The van der Waals surface area contributed by atoms with Gasteiger partial charge in [0, 0.05) is 12.4 Å². The first-order valence-corrected chi connectivity index (χ1v) is 6.93. The summed E-state index contributed by atoms with van der Waals surface area (Å²) in [5, 5.41) is 0. The maximum Gasteiger partial charge on any atom is 0.150 e. The summed E-state index contributed by atoms with van der Waals surface area (Å²) in [4.78, 5) is 8.73. The first kappa shape index (κ1) is 14.6. The minimum atomic E-state index is -0.178. The second-order valence-electron chi connectivity index (χ2n) is 5.56. The Balaban J connectivity index is 2.29. The lowest BCUT2D eigenvalue weighted by atomic mass is 9.98. The van der Waals surface area contributed by atoms with Crippen LogP contribution in [0.2, 0.25) is 0 Å². The van der Waals surface area contributed by atoms with Crippen LogP contribution in [0.4, 0.5) is 0 Å². The predicted molar refractivity (Wildman–Crippen MR) is 80.9 cm³/mol. The Morgan fingerprint density at radius 2 is 1.90 bits per heavy atom. The quantitative estimate of drug-likeness (QED) is 0.647. The number of nitrogens with zero attached hydrogens (tertiary/aromatic N) is 2. The third-order valence-electron chi connectivity index (χ3n) is 3.15. The Bertz CT molecular complexity index is 549. The van der Waals surface area contributed by atoms with Crippen LogP contribution in [0.15, 0.2) is 36.7 Å². The van der Waals surface area contributed by atoms with E-state index >= 15 is 0 Å². The van der Waals surface area contributed by atoms with Gasteiger partial charge in [0.15, 0.2) is 5.82 Å². The highest BCUT2D eigenvalue weighted by atomic mass is 15.2. The van der Waals surface area contributed by atoms with Gasteiger partial charge in [0.2, 0.25) is 0 Å². The predicted octanol–water partition coefficient (Wildman–Crippen LogP) is 2.54. The van der Waals surface area contributed by atoms with Crippen molar-refractivity contribution in [3.63, 3.8) is 0 Å². The van der Waals surface area contributed by atoms with Crippen molar-refractivity contribution in [3.05, 3.63) is 59.2 Å². The molecule has 2 aromatic rings. The van der Waals surface area contributed by atoms with Gasteiger partial charge in [-0.15, -0.1) is 0 Å². The number of aromatic nitrogens is 2. The van der Waals surface area contributed by atoms with Gasteiger partial charge in [-0.2, -0.15) is 0 Å². The zero-order valence-electron chi connectivity index (χ0n) is 12.3. The van der Waals surface area contributed by atoms with Gasteiger partial charge in [-0.05, 0) is 36.0 Å². The lowest BCUT2D eigenvalue weighted by Gasteiger charge is -2.16. The molecule has 1 unspecified atom stereocenters. The van der Waals surface area contributed by atoms with E-state index in [1.54, 1.807) is 0 Å². The molecule has 20 heavy (non-hydrogen) atoms. The molecule has 0 aliphatic rings. The van der Waals surface area contributed by atoms with E-state index in [0.29, 0.717) is 11.7 Å². The highest BCUT2D eigenvalue weighted by Gasteiger charge is 2.15. The van der Waals surface area contributed by atoms with E-state index in [9.17, 15) is 0 Å². The van der Waals surface area contributed by atoms with Gasteiger partial charge in [0.25, 0.3) is 0 Å². The summed E-state index contributed by atoms with van der Waals surface area (Å²) in [6.07, 6.45) is 4.68. The van der Waals surface area contributed by atoms with Crippen LogP contribution < -0.4 is 11.3 Å². The van der Waals surface area contributed by atoms with Crippen molar-refractivity contribution in [2.75, 3.05) is 0 Å². The van der Waals surface area contributed by atoms with Gasteiger partial charge >= 0.3 is 0 Å². The molecular weight excluding hydrogens is 248 g/mol. The second-order valence-corrected chi connectivity index (χ2v) is 5.56. The van der Waals surface area contributed by atoms with Crippen molar-refractivity contribution in [1.29, 1.82) is 0 Å². The zero-order chi connectivity index (χ0) is 14.5. The molecule has 4 nitrogen and oxygen atoms in total. The van der Waals surface area contributed by atoms with Gasteiger partial charge in [-0.1, -0.05) is 38.1 Å². The van der Waals surface area contributed by atoms with E-state index in [1.807, 2.05) is 19.3 Å². The minimum Gasteiger partial charge on any atom is -0.270 e. The summed E-state index contributed by atoms with van der Waals surface area (Å²) in [7, 11) is 0. The summed E-state index contributed by atoms with van der Waals surface area (Å²) in [5.41, 5.74) is 6.25. The van der Waals surface area contributed by atoms with Crippen molar-refractivity contribution in [2.45, 2.75) is 33.2 Å². The van der Waals surface area contributed by atoms with Crippen LogP contribution in [0.25, 0.3) is 0 Å². The molecule has 106 valence electrons. The SMILES string of the molecule is Cc1cnc(C(NN)c2cccc(CC(C)C)c2)nc1. The molecule has 0 spiro atoms. The van der Waals surface area contributed by atoms with Gasteiger partial charge in [-0.25, -0.2) is 15.4 Å². The van der Waals surface area contributed by atoms with E-state index in [4.69, 9.17) is 5.84 Å².